The second-order valence-corrected chi connectivity index (χ2v) is 8.89. The molecule has 3 aromatic heterocycles. The molecule has 4 heterocycles. The topological polar surface area (TPSA) is 92.2 Å². The molecule has 0 fully saturated rings. The van der Waals surface area contributed by atoms with Gasteiger partial charge in [-0.05, 0) is 24.3 Å². The lowest BCUT2D eigenvalue weighted by Gasteiger charge is -2.35. The van der Waals surface area contributed by atoms with Crippen LogP contribution in [0.2, 0.25) is 0 Å². The highest BCUT2D eigenvalue weighted by Gasteiger charge is 2.26. The molecule has 1 N–H and O–H groups in total. The number of aromatic nitrogens is 5. The van der Waals surface area contributed by atoms with E-state index in [0.29, 0.717) is 35.4 Å². The van der Waals surface area contributed by atoms with Gasteiger partial charge in [0.1, 0.15) is 17.7 Å². The Morgan fingerprint density at radius 1 is 1.14 bits per heavy atom. The van der Waals surface area contributed by atoms with E-state index in [0.717, 1.165) is 10.6 Å². The van der Waals surface area contributed by atoms with Crippen molar-refractivity contribution in [2.75, 3.05) is 37.0 Å². The van der Waals surface area contributed by atoms with Gasteiger partial charge >= 0.3 is 0 Å². The largest absolute Gasteiger partial charge is 0.485 e. The number of anilines is 2. The number of likely N-dealkylation sites (N-methyl/N-ethyl adjacent to an activating group) is 2. The second kappa shape index (κ2) is 8.50. The number of rotatable bonds is 4. The van der Waals surface area contributed by atoms with Gasteiger partial charge in [-0.3, -0.25) is 14.5 Å². The van der Waals surface area contributed by atoms with E-state index < -0.39 is 17.2 Å². The molecule has 188 valence electrons. The fraction of sp³-hybridized carbons (Fsp3) is 0.200. The maximum absolute atomic E-state index is 14.8. The van der Waals surface area contributed by atoms with Gasteiger partial charge < -0.3 is 14.5 Å². The summed E-state index contributed by atoms with van der Waals surface area (Å²) in [4.78, 5) is 26.0. The van der Waals surface area contributed by atoms with Crippen molar-refractivity contribution in [3.63, 3.8) is 0 Å². The minimum Gasteiger partial charge on any atom is -0.485 e. The van der Waals surface area contributed by atoms with E-state index in [-0.39, 0.29) is 34.6 Å². The van der Waals surface area contributed by atoms with Crippen molar-refractivity contribution >= 4 is 33.6 Å². The number of pyridine rings is 1. The summed E-state index contributed by atoms with van der Waals surface area (Å²) in [7, 11) is 3.60. The van der Waals surface area contributed by atoms with Crippen LogP contribution in [-0.4, -0.2) is 58.0 Å². The van der Waals surface area contributed by atoms with Crippen LogP contribution in [0.15, 0.2) is 53.6 Å². The van der Waals surface area contributed by atoms with Gasteiger partial charge in [-0.25, -0.2) is 18.2 Å². The van der Waals surface area contributed by atoms with Crippen molar-refractivity contribution in [1.82, 2.24) is 24.7 Å². The third-order valence-electron chi connectivity index (χ3n) is 6.40. The molecular formula is C25H20F3N7O2. The van der Waals surface area contributed by atoms with Gasteiger partial charge in [0.2, 0.25) is 5.95 Å². The summed E-state index contributed by atoms with van der Waals surface area (Å²) in [5, 5.41) is 7.30. The van der Waals surface area contributed by atoms with E-state index in [2.05, 4.69) is 20.2 Å². The van der Waals surface area contributed by atoms with E-state index in [4.69, 9.17) is 4.74 Å². The monoisotopic (exact) mass is 507 g/mol. The number of hydrogen-bond donors (Lipinski definition) is 1. The van der Waals surface area contributed by atoms with Crippen molar-refractivity contribution in [3.05, 3.63) is 76.6 Å². The maximum atomic E-state index is 14.8. The zero-order valence-electron chi connectivity index (χ0n) is 19.7. The van der Waals surface area contributed by atoms with Crippen molar-refractivity contribution < 1.29 is 17.9 Å². The van der Waals surface area contributed by atoms with Crippen LogP contribution in [0.3, 0.4) is 0 Å². The molecular weight excluding hydrogens is 487 g/mol. The molecule has 0 saturated heterocycles. The maximum Gasteiger partial charge on any atom is 0.267 e. The van der Waals surface area contributed by atoms with Gasteiger partial charge in [-0.1, -0.05) is 6.07 Å². The fourth-order valence-electron chi connectivity index (χ4n) is 4.64. The summed E-state index contributed by atoms with van der Waals surface area (Å²) in [6.45, 7) is 0.847. The van der Waals surface area contributed by atoms with Gasteiger partial charge in [0.05, 0.1) is 47.0 Å². The molecule has 0 bridgehead atoms. The van der Waals surface area contributed by atoms with Gasteiger partial charge in [0, 0.05) is 26.4 Å². The highest BCUT2D eigenvalue weighted by molar-refractivity contribution is 6.02. The number of nitrogens with one attached hydrogen (secondary N) is 1. The lowest BCUT2D eigenvalue weighted by Crippen LogP contribution is -2.44. The first kappa shape index (κ1) is 22.8. The van der Waals surface area contributed by atoms with Crippen LogP contribution < -0.4 is 20.1 Å². The third kappa shape index (κ3) is 3.72. The van der Waals surface area contributed by atoms with E-state index in [1.54, 1.807) is 18.0 Å². The Morgan fingerprint density at radius 3 is 2.81 bits per heavy atom. The third-order valence-corrected chi connectivity index (χ3v) is 6.40. The number of halogens is 3. The highest BCUT2D eigenvalue weighted by atomic mass is 19.2. The van der Waals surface area contributed by atoms with Crippen LogP contribution >= 0.6 is 0 Å². The average Bonchev–Trinajstić information content (AvgIpc) is 3.37. The van der Waals surface area contributed by atoms with Crippen molar-refractivity contribution in [2.24, 2.45) is 0 Å². The van der Waals surface area contributed by atoms with Crippen LogP contribution in [0.1, 0.15) is 0 Å². The van der Waals surface area contributed by atoms with Crippen LogP contribution in [0.25, 0.3) is 27.6 Å². The number of fused-ring (bicyclic) bond motifs is 4. The highest BCUT2D eigenvalue weighted by Crippen LogP contribution is 2.33. The summed E-state index contributed by atoms with van der Waals surface area (Å²) in [5.74, 6) is -1.80. The molecule has 0 amide bonds. The predicted molar refractivity (Wildman–Crippen MR) is 132 cm³/mol. The first-order valence-electron chi connectivity index (χ1n) is 11.4. The molecule has 1 aliphatic rings. The number of nitrogens with zero attached hydrogens (tertiary/aromatic N) is 6. The first-order chi connectivity index (χ1) is 17.8. The summed E-state index contributed by atoms with van der Waals surface area (Å²) in [6.07, 6.45) is 2.53. The quantitative estimate of drug-likeness (QED) is 0.399. The van der Waals surface area contributed by atoms with Gasteiger partial charge in [0.25, 0.3) is 5.56 Å². The fourth-order valence-corrected chi connectivity index (χ4v) is 4.64. The molecule has 1 atom stereocenters. The minimum absolute atomic E-state index is 0.0885. The first-order valence-corrected chi connectivity index (χ1v) is 11.4. The number of H-pyrrole nitrogens is 1. The van der Waals surface area contributed by atoms with Crippen molar-refractivity contribution in [2.45, 2.75) is 6.10 Å². The van der Waals surface area contributed by atoms with E-state index in [1.165, 1.54) is 36.7 Å². The van der Waals surface area contributed by atoms with E-state index >= 15 is 0 Å². The molecule has 6 rings (SSSR count). The lowest BCUT2D eigenvalue weighted by atomic mass is 10.2. The zero-order valence-corrected chi connectivity index (χ0v) is 19.7. The zero-order chi connectivity index (χ0) is 25.8. The summed E-state index contributed by atoms with van der Waals surface area (Å²) < 4.78 is 49.6. The molecule has 2 aromatic carbocycles. The Morgan fingerprint density at radius 2 is 1.97 bits per heavy atom. The SMILES string of the molecule is CN(CC1CN(C)c2cc(F)ccc2O1)c1ncc2c3[nH]ncc3c(=O)n(-c3cccc(F)c3F)c2n1. The lowest BCUT2D eigenvalue weighted by molar-refractivity contribution is 0.201. The number of benzene rings is 2. The second-order valence-electron chi connectivity index (χ2n) is 8.89. The van der Waals surface area contributed by atoms with Crippen molar-refractivity contribution in [3.8, 4) is 11.4 Å². The Balaban J connectivity index is 1.42. The molecule has 5 aromatic rings. The Kier molecular flexibility index (Phi) is 5.25. The Hall–Kier alpha value is -4.61. The average molecular weight is 507 g/mol. The Bertz CT molecular complexity index is 1740. The van der Waals surface area contributed by atoms with Gasteiger partial charge in [-0.15, -0.1) is 0 Å². The normalized spacial score (nSPS) is 15.2. The molecule has 0 radical (unpaired) electrons. The summed E-state index contributed by atoms with van der Waals surface area (Å²) in [6, 6.07) is 7.95. The molecule has 0 saturated carbocycles. The molecule has 37 heavy (non-hydrogen) atoms. The molecule has 0 spiro atoms. The smallest absolute Gasteiger partial charge is 0.267 e. The Labute approximate surface area is 207 Å². The molecule has 1 unspecified atom stereocenters. The summed E-state index contributed by atoms with van der Waals surface area (Å²) in [5.41, 5.74) is 0.264. The molecule has 9 nitrogen and oxygen atoms in total. The van der Waals surface area contributed by atoms with Gasteiger partial charge in [-0.2, -0.15) is 10.1 Å². The predicted octanol–water partition coefficient (Wildman–Crippen LogP) is 3.41. The summed E-state index contributed by atoms with van der Waals surface area (Å²) >= 11 is 0. The number of ether oxygens (including phenoxy) is 1. The minimum atomic E-state index is -1.17. The molecule has 0 aliphatic carbocycles. The standard InChI is InChI=1S/C25H20F3N7O2/c1-33-11-14(37-20-7-6-13(26)8-19(20)33)12-34(2)25-29-9-15-22-16(10-30-32-22)24(36)35(23(15)31-25)18-5-3-4-17(27)21(18)28/h3-10,14H,11-12H2,1-2H3,(H,30,32). The molecule has 12 heteroatoms. The number of hydrogen-bond acceptors (Lipinski definition) is 7. The van der Waals surface area contributed by atoms with Crippen molar-refractivity contribution in [1.29, 1.82) is 0 Å². The van der Waals surface area contributed by atoms with E-state index in [9.17, 15) is 18.0 Å². The molecule has 1 aliphatic heterocycles. The van der Waals surface area contributed by atoms with Crippen LogP contribution in [0.5, 0.6) is 5.75 Å². The van der Waals surface area contributed by atoms with Crippen LogP contribution in [-0.2, 0) is 0 Å². The van der Waals surface area contributed by atoms with Crippen LogP contribution in [0.4, 0.5) is 24.8 Å². The van der Waals surface area contributed by atoms with E-state index in [1.807, 2.05) is 11.9 Å². The van der Waals surface area contributed by atoms with Gasteiger partial charge in [0.15, 0.2) is 17.3 Å². The van der Waals surface area contributed by atoms with Crippen LogP contribution in [0, 0.1) is 17.5 Å². The number of aromatic amines is 1.